The van der Waals surface area contributed by atoms with E-state index in [0.717, 1.165) is 42.3 Å². The second-order valence-corrected chi connectivity index (χ2v) is 5.91. The summed E-state index contributed by atoms with van der Waals surface area (Å²) in [5.74, 6) is 0. The lowest BCUT2D eigenvalue weighted by molar-refractivity contribution is 0.697. The number of hydrogen-bond donors (Lipinski definition) is 0. The first-order valence-electron chi connectivity index (χ1n) is 7.74. The maximum Gasteiger partial charge on any atom is 0.121 e. The van der Waals surface area contributed by atoms with Gasteiger partial charge in [-0.1, -0.05) is 59.0 Å². The zero-order chi connectivity index (χ0) is 16.3. The average Bonchev–Trinajstić information content (AvgIpc) is 3.16. The van der Waals surface area contributed by atoms with Crippen molar-refractivity contribution in [3.05, 3.63) is 90.8 Å². The van der Waals surface area contributed by atoms with Gasteiger partial charge in [0.2, 0.25) is 0 Å². The van der Waals surface area contributed by atoms with Crippen LogP contribution in [-0.4, -0.2) is 30.0 Å². The van der Waals surface area contributed by atoms with Crippen molar-refractivity contribution in [2.75, 3.05) is 0 Å². The highest BCUT2D eigenvalue weighted by Crippen LogP contribution is 2.09. The van der Waals surface area contributed by atoms with Crippen molar-refractivity contribution in [2.24, 2.45) is 14.1 Å². The van der Waals surface area contributed by atoms with E-state index in [9.17, 15) is 0 Å². The summed E-state index contributed by atoms with van der Waals surface area (Å²) in [7, 11) is 3.84. The minimum Gasteiger partial charge on any atom is -0.247 e. The number of aromatic nitrogens is 6. The highest BCUT2D eigenvalue weighted by molar-refractivity contribution is 5.21. The maximum absolute atomic E-state index is 4.45. The second kappa shape index (κ2) is 4.61. The Morgan fingerprint density at radius 2 is 0.958 bits per heavy atom. The fourth-order valence-electron chi connectivity index (χ4n) is 3.47. The van der Waals surface area contributed by atoms with E-state index in [2.05, 4.69) is 44.9 Å². The summed E-state index contributed by atoms with van der Waals surface area (Å²) in [4.78, 5) is 0. The molecule has 24 heavy (non-hydrogen) atoms. The Bertz CT molecular complexity index is 1360. The van der Waals surface area contributed by atoms with Crippen LogP contribution in [0.2, 0.25) is 0 Å². The van der Waals surface area contributed by atoms with Crippen molar-refractivity contribution in [3.8, 4) is 0 Å². The fourth-order valence-corrected chi connectivity index (χ4v) is 3.47. The van der Waals surface area contributed by atoms with Crippen LogP contribution < -0.4 is 0 Å². The lowest BCUT2D eigenvalue weighted by Crippen LogP contribution is -1.96. The zero-order valence-electron chi connectivity index (χ0n) is 13.3. The van der Waals surface area contributed by atoms with E-state index in [-0.39, 0.29) is 0 Å². The highest BCUT2D eigenvalue weighted by Gasteiger charge is 2.07. The molecule has 4 aromatic rings. The minimum absolute atomic E-state index is 0.882. The van der Waals surface area contributed by atoms with Crippen LogP contribution in [0.1, 0.15) is 0 Å². The average molecular weight is 314 g/mol. The van der Waals surface area contributed by atoms with Gasteiger partial charge in [-0.05, 0) is 0 Å². The predicted molar refractivity (Wildman–Crippen MR) is 85.6 cm³/mol. The molecular formula is C18H14N6. The smallest absolute Gasteiger partial charge is 0.121 e. The lowest BCUT2D eigenvalue weighted by Gasteiger charge is -1.97. The summed E-state index contributed by atoms with van der Waals surface area (Å²) < 4.78 is 3.65. The van der Waals surface area contributed by atoms with Crippen LogP contribution in [0.25, 0.3) is 0 Å². The first kappa shape index (κ1) is 13.2. The van der Waals surface area contributed by atoms with Gasteiger partial charge in [-0.25, -0.2) is 9.36 Å². The molecule has 0 unspecified atom stereocenters. The van der Waals surface area contributed by atoms with Crippen molar-refractivity contribution in [1.82, 2.24) is 30.0 Å². The molecule has 0 saturated carbocycles. The molecule has 1 aliphatic rings. The van der Waals surface area contributed by atoms with Crippen LogP contribution in [0.4, 0.5) is 0 Å². The zero-order valence-corrected chi connectivity index (χ0v) is 13.3. The number of rotatable bonds is 0. The van der Waals surface area contributed by atoms with Crippen LogP contribution in [-0.2, 0) is 14.1 Å². The Morgan fingerprint density at radius 3 is 1.38 bits per heavy atom. The number of benzene rings is 2. The van der Waals surface area contributed by atoms with E-state index in [1.165, 1.54) is 0 Å². The third kappa shape index (κ3) is 1.59. The van der Waals surface area contributed by atoms with Gasteiger partial charge in [-0.2, -0.15) is 0 Å². The van der Waals surface area contributed by atoms with E-state index in [4.69, 9.17) is 0 Å². The Kier molecular flexibility index (Phi) is 2.53. The quantitative estimate of drug-likeness (QED) is 0.433. The van der Waals surface area contributed by atoms with Crippen LogP contribution in [0.15, 0.2) is 48.5 Å². The molecule has 2 heterocycles. The third-order valence-electron chi connectivity index (χ3n) is 4.53. The standard InChI is InChI=1S/C18H14N6/c1-23-17-13-9-5-3-7-11(13)16-18(24(2)22-20-16)14-10-6-4-8-12(14)15(17)19-21-23/h3-10H,1-2H3. The topological polar surface area (TPSA) is 61.4 Å². The highest BCUT2D eigenvalue weighted by atomic mass is 15.4. The minimum atomic E-state index is 0.882. The number of fused-ring (bicyclic) bond motifs is 4. The molecule has 0 N–H and O–H groups in total. The molecule has 0 atom stereocenters. The molecule has 0 amide bonds. The Hall–Kier alpha value is -3.28. The van der Waals surface area contributed by atoms with Gasteiger partial charge in [0, 0.05) is 35.0 Å². The van der Waals surface area contributed by atoms with Gasteiger partial charge in [-0.3, -0.25) is 0 Å². The van der Waals surface area contributed by atoms with Gasteiger partial charge in [0.05, 0.1) is 10.7 Å². The first-order valence-corrected chi connectivity index (χ1v) is 7.74. The normalized spacial score (nSPS) is 11.8. The monoisotopic (exact) mass is 314 g/mol. The Balaban J connectivity index is 2.50. The summed E-state index contributed by atoms with van der Waals surface area (Å²) in [6.45, 7) is 0. The Morgan fingerprint density at radius 1 is 0.583 bits per heavy atom. The molecular weight excluding hydrogens is 300 g/mol. The van der Waals surface area contributed by atoms with Crippen molar-refractivity contribution in [3.63, 3.8) is 0 Å². The van der Waals surface area contributed by atoms with Crippen molar-refractivity contribution in [2.45, 2.75) is 0 Å². The molecule has 6 nitrogen and oxygen atoms in total. The van der Waals surface area contributed by atoms with E-state index in [1.54, 1.807) is 0 Å². The fraction of sp³-hybridized carbons (Fsp3) is 0.111. The summed E-state index contributed by atoms with van der Waals surface area (Å²) in [6.07, 6.45) is 0. The maximum atomic E-state index is 4.45. The third-order valence-corrected chi connectivity index (χ3v) is 4.53. The largest absolute Gasteiger partial charge is 0.247 e. The summed E-state index contributed by atoms with van der Waals surface area (Å²) in [5.41, 5.74) is 0. The SMILES string of the molecule is Cn1nnc2c1=c1ccccc1=c1nnn(C)c1=c1ccccc1=2. The number of hydrogen-bond acceptors (Lipinski definition) is 4. The van der Waals surface area contributed by atoms with Crippen LogP contribution in [0.5, 0.6) is 0 Å². The molecule has 2 aromatic heterocycles. The van der Waals surface area contributed by atoms with Crippen molar-refractivity contribution in [1.29, 1.82) is 0 Å². The predicted octanol–water partition coefficient (Wildman–Crippen LogP) is 1.40. The van der Waals surface area contributed by atoms with E-state index >= 15 is 0 Å². The van der Waals surface area contributed by atoms with Gasteiger partial charge in [0.25, 0.3) is 0 Å². The number of nitrogens with zero attached hydrogens (tertiary/aromatic N) is 6. The van der Waals surface area contributed by atoms with Gasteiger partial charge < -0.3 is 0 Å². The molecule has 2 aromatic carbocycles. The van der Waals surface area contributed by atoms with Gasteiger partial charge in [0.1, 0.15) is 10.7 Å². The molecule has 6 heteroatoms. The second-order valence-electron chi connectivity index (χ2n) is 5.91. The molecule has 0 spiro atoms. The van der Waals surface area contributed by atoms with Gasteiger partial charge in [-0.15, -0.1) is 10.2 Å². The summed E-state index contributed by atoms with van der Waals surface area (Å²) >= 11 is 0. The molecule has 116 valence electrons. The molecule has 0 fully saturated rings. The van der Waals surface area contributed by atoms with Crippen molar-refractivity contribution >= 4 is 0 Å². The molecule has 0 radical (unpaired) electrons. The summed E-state index contributed by atoms with van der Waals surface area (Å²) in [5, 5.41) is 25.4. The van der Waals surface area contributed by atoms with Crippen LogP contribution in [0, 0.1) is 42.3 Å². The van der Waals surface area contributed by atoms with Gasteiger partial charge >= 0.3 is 0 Å². The molecule has 0 saturated heterocycles. The summed E-state index contributed by atoms with van der Waals surface area (Å²) in [6, 6.07) is 16.4. The van der Waals surface area contributed by atoms with E-state index in [1.807, 2.05) is 47.7 Å². The van der Waals surface area contributed by atoms with Crippen molar-refractivity contribution < 1.29 is 0 Å². The molecule has 0 bridgehead atoms. The van der Waals surface area contributed by atoms with E-state index in [0.29, 0.717) is 0 Å². The van der Waals surface area contributed by atoms with Crippen LogP contribution >= 0.6 is 0 Å². The van der Waals surface area contributed by atoms with Crippen LogP contribution in [0.3, 0.4) is 0 Å². The molecule has 5 rings (SSSR count). The van der Waals surface area contributed by atoms with E-state index < -0.39 is 0 Å². The lowest BCUT2D eigenvalue weighted by atomic mass is 10.1. The number of aryl methyl sites for hydroxylation is 2. The molecule has 0 aliphatic heterocycles. The Labute approximate surface area is 135 Å². The first-order chi connectivity index (χ1) is 11.8. The molecule has 1 aliphatic carbocycles. The van der Waals surface area contributed by atoms with Gasteiger partial charge in [0.15, 0.2) is 0 Å².